The predicted octanol–water partition coefficient (Wildman–Crippen LogP) is 1.80. The Morgan fingerprint density at radius 3 is 2.59 bits per heavy atom. The summed E-state index contributed by atoms with van der Waals surface area (Å²) in [6.07, 6.45) is 1.38. The number of nitrogens with zero attached hydrogens (tertiary/aromatic N) is 6. The molecule has 0 spiro atoms. The fourth-order valence-electron chi connectivity index (χ4n) is 2.54. The summed E-state index contributed by atoms with van der Waals surface area (Å²) in [6.45, 7) is 0. The van der Waals surface area contributed by atoms with Crippen LogP contribution in [-0.4, -0.2) is 37.4 Å². The number of rotatable bonds is 5. The van der Waals surface area contributed by atoms with E-state index >= 15 is 0 Å². The van der Waals surface area contributed by atoms with Crippen molar-refractivity contribution in [3.8, 4) is 17.1 Å². The molecule has 0 aliphatic heterocycles. The van der Waals surface area contributed by atoms with Gasteiger partial charge in [-0.15, -0.1) is 5.10 Å². The lowest BCUT2D eigenvalue weighted by atomic mass is 10.1. The third-order valence-electron chi connectivity index (χ3n) is 3.88. The third kappa shape index (κ3) is 3.69. The van der Waals surface area contributed by atoms with E-state index in [1.807, 2.05) is 6.07 Å². The zero-order valence-electron chi connectivity index (χ0n) is 14.7. The first-order valence-electron chi connectivity index (χ1n) is 8.32. The number of hydrazone groups is 1. The number of nitrogens with one attached hydrogen (secondary N) is 1. The number of nitrogens with two attached hydrogens (primary N) is 1. The first kappa shape index (κ1) is 18.0. The van der Waals surface area contributed by atoms with Crippen molar-refractivity contribution in [3.05, 3.63) is 71.7 Å². The molecule has 144 valence electrons. The molecule has 4 rings (SSSR count). The molecule has 0 radical (unpaired) electrons. The Morgan fingerprint density at radius 2 is 1.90 bits per heavy atom. The average molecular weight is 392 g/mol. The number of carbonyl (C=O) groups is 1. The summed E-state index contributed by atoms with van der Waals surface area (Å²) in [4.78, 5) is 12.7. The maximum absolute atomic E-state index is 13.0. The molecule has 1 amide bonds. The van der Waals surface area contributed by atoms with Crippen LogP contribution in [0.3, 0.4) is 0 Å². The lowest BCUT2D eigenvalue weighted by Gasteiger charge is -2.05. The summed E-state index contributed by atoms with van der Waals surface area (Å²) in [5.41, 5.74) is 9.72. The number of anilines is 1. The molecule has 0 unspecified atom stereocenters. The second-order valence-electron chi connectivity index (χ2n) is 5.79. The molecule has 4 aromatic rings. The molecule has 0 aliphatic rings. The van der Waals surface area contributed by atoms with Gasteiger partial charge < -0.3 is 5.73 Å². The van der Waals surface area contributed by atoms with Crippen LogP contribution in [0.15, 0.2) is 64.3 Å². The summed E-state index contributed by atoms with van der Waals surface area (Å²) in [5, 5.41) is 19.0. The van der Waals surface area contributed by atoms with Crippen molar-refractivity contribution in [3.63, 3.8) is 0 Å². The van der Waals surface area contributed by atoms with Crippen LogP contribution in [0.4, 0.5) is 10.2 Å². The maximum Gasteiger partial charge on any atom is 0.294 e. The van der Waals surface area contributed by atoms with Crippen LogP contribution in [-0.2, 0) is 0 Å². The first-order chi connectivity index (χ1) is 14.1. The van der Waals surface area contributed by atoms with Crippen molar-refractivity contribution >= 4 is 17.9 Å². The monoisotopic (exact) mass is 392 g/mol. The molecule has 2 heterocycles. The van der Waals surface area contributed by atoms with E-state index in [9.17, 15) is 9.18 Å². The SMILES string of the molecule is Nc1nonc1-n1nnc(C(=O)N/N=C/c2ccc(F)cc2)c1-c1ccccc1. The molecule has 0 fully saturated rings. The van der Waals surface area contributed by atoms with E-state index in [0.717, 1.165) is 0 Å². The van der Waals surface area contributed by atoms with E-state index < -0.39 is 5.91 Å². The zero-order chi connectivity index (χ0) is 20.2. The quantitative estimate of drug-likeness (QED) is 0.390. The average Bonchev–Trinajstić information content (AvgIpc) is 3.36. The molecule has 0 aliphatic carbocycles. The van der Waals surface area contributed by atoms with Crippen LogP contribution < -0.4 is 11.2 Å². The highest BCUT2D eigenvalue weighted by Crippen LogP contribution is 2.26. The summed E-state index contributed by atoms with van der Waals surface area (Å²) in [5.74, 6) is -0.876. The van der Waals surface area contributed by atoms with Crippen molar-refractivity contribution in [1.82, 2.24) is 30.7 Å². The number of carbonyl (C=O) groups excluding carboxylic acids is 1. The molecule has 3 N–H and O–H groups in total. The molecule has 11 heteroatoms. The minimum Gasteiger partial charge on any atom is -0.378 e. The number of hydrogen-bond donors (Lipinski definition) is 2. The number of aromatic nitrogens is 5. The molecular formula is C18H13FN8O2. The van der Waals surface area contributed by atoms with Gasteiger partial charge in [-0.05, 0) is 28.0 Å². The Morgan fingerprint density at radius 1 is 1.14 bits per heavy atom. The summed E-state index contributed by atoms with van der Waals surface area (Å²) in [6, 6.07) is 14.6. The van der Waals surface area contributed by atoms with Crippen LogP contribution in [0.1, 0.15) is 16.1 Å². The lowest BCUT2D eigenvalue weighted by Crippen LogP contribution is -2.19. The van der Waals surface area contributed by atoms with Crippen molar-refractivity contribution in [2.45, 2.75) is 0 Å². The first-order valence-corrected chi connectivity index (χ1v) is 8.32. The molecule has 0 atom stereocenters. The fraction of sp³-hybridized carbons (Fsp3) is 0. The van der Waals surface area contributed by atoms with Gasteiger partial charge in [0.05, 0.1) is 6.21 Å². The van der Waals surface area contributed by atoms with E-state index in [-0.39, 0.29) is 23.1 Å². The number of hydrogen-bond acceptors (Lipinski definition) is 8. The Hall–Kier alpha value is -4.41. The molecule has 10 nitrogen and oxygen atoms in total. The molecule has 0 bridgehead atoms. The van der Waals surface area contributed by atoms with Crippen LogP contribution >= 0.6 is 0 Å². The smallest absolute Gasteiger partial charge is 0.294 e. The Balaban J connectivity index is 1.66. The van der Waals surface area contributed by atoms with Gasteiger partial charge in [0, 0.05) is 5.56 Å². The van der Waals surface area contributed by atoms with Gasteiger partial charge in [-0.25, -0.2) is 14.4 Å². The van der Waals surface area contributed by atoms with Crippen LogP contribution in [0.2, 0.25) is 0 Å². The summed E-state index contributed by atoms with van der Waals surface area (Å²) in [7, 11) is 0. The van der Waals surface area contributed by atoms with Gasteiger partial charge in [0.2, 0.25) is 11.6 Å². The topological polar surface area (TPSA) is 137 Å². The van der Waals surface area contributed by atoms with E-state index in [4.69, 9.17) is 5.73 Å². The highest BCUT2D eigenvalue weighted by atomic mass is 19.1. The van der Waals surface area contributed by atoms with Gasteiger partial charge in [-0.3, -0.25) is 4.79 Å². The number of amides is 1. The molecule has 2 aromatic carbocycles. The van der Waals surface area contributed by atoms with E-state index in [0.29, 0.717) is 16.8 Å². The normalized spacial score (nSPS) is 11.1. The molecular weight excluding hydrogens is 379 g/mol. The largest absolute Gasteiger partial charge is 0.378 e. The van der Waals surface area contributed by atoms with Gasteiger partial charge in [0.25, 0.3) is 5.91 Å². The Labute approximate surface area is 162 Å². The summed E-state index contributed by atoms with van der Waals surface area (Å²) >= 11 is 0. The Bertz CT molecular complexity index is 1170. The minimum atomic E-state index is -0.608. The molecule has 0 saturated carbocycles. The van der Waals surface area contributed by atoms with E-state index in [1.54, 1.807) is 24.3 Å². The van der Waals surface area contributed by atoms with E-state index in [1.165, 1.54) is 35.2 Å². The highest BCUT2D eigenvalue weighted by Gasteiger charge is 2.24. The predicted molar refractivity (Wildman–Crippen MR) is 101 cm³/mol. The maximum atomic E-state index is 13.0. The van der Waals surface area contributed by atoms with Crippen molar-refractivity contribution in [2.75, 3.05) is 5.73 Å². The van der Waals surface area contributed by atoms with Gasteiger partial charge in [-0.1, -0.05) is 47.7 Å². The van der Waals surface area contributed by atoms with Crippen LogP contribution in [0.5, 0.6) is 0 Å². The number of nitrogen functional groups attached to an aromatic ring is 1. The van der Waals surface area contributed by atoms with Crippen molar-refractivity contribution in [1.29, 1.82) is 0 Å². The standard InChI is InChI=1S/C18H13FN8O2/c19-13-8-6-11(7-9-13)10-21-23-18(28)14-15(12-4-2-1-3-5-12)27(26-22-14)17-16(20)24-29-25-17/h1-10H,(H2,20,24)(H,23,28)/b21-10+. The van der Waals surface area contributed by atoms with Crippen LogP contribution in [0.25, 0.3) is 17.1 Å². The zero-order valence-corrected chi connectivity index (χ0v) is 14.7. The highest BCUT2D eigenvalue weighted by molar-refractivity contribution is 5.98. The lowest BCUT2D eigenvalue weighted by molar-refractivity contribution is 0.0950. The van der Waals surface area contributed by atoms with Gasteiger partial charge >= 0.3 is 0 Å². The fourth-order valence-corrected chi connectivity index (χ4v) is 2.54. The minimum absolute atomic E-state index is 0.00476. The Kier molecular flexibility index (Phi) is 4.76. The van der Waals surface area contributed by atoms with E-state index in [2.05, 4.69) is 35.8 Å². The van der Waals surface area contributed by atoms with Gasteiger partial charge in [-0.2, -0.15) is 9.78 Å². The number of halogens is 1. The van der Waals surface area contributed by atoms with Crippen LogP contribution in [0, 0.1) is 5.82 Å². The number of benzene rings is 2. The molecule has 29 heavy (non-hydrogen) atoms. The molecule has 2 aromatic heterocycles. The van der Waals surface area contributed by atoms with Crippen molar-refractivity contribution < 1.29 is 13.8 Å². The molecule has 0 saturated heterocycles. The van der Waals surface area contributed by atoms with Gasteiger partial charge in [0.1, 0.15) is 11.5 Å². The van der Waals surface area contributed by atoms with Crippen molar-refractivity contribution in [2.24, 2.45) is 5.10 Å². The van der Waals surface area contributed by atoms with Gasteiger partial charge in [0.15, 0.2) is 5.69 Å². The third-order valence-corrected chi connectivity index (χ3v) is 3.88. The second kappa shape index (κ2) is 7.68. The summed E-state index contributed by atoms with van der Waals surface area (Å²) < 4.78 is 18.8. The second-order valence-corrected chi connectivity index (χ2v) is 5.79.